The molecule has 1 aliphatic carbocycles. The Bertz CT molecular complexity index is 538. The number of amides is 2. The fourth-order valence-corrected chi connectivity index (χ4v) is 3.12. The summed E-state index contributed by atoms with van der Waals surface area (Å²) in [4.78, 5) is 25.9. The molecule has 0 aromatic heterocycles. The molecular weight excluding hydrogens is 266 g/mol. The first-order chi connectivity index (χ1) is 10.2. The van der Waals surface area contributed by atoms with Gasteiger partial charge in [-0.1, -0.05) is 25.0 Å². The Morgan fingerprint density at radius 3 is 2.76 bits per heavy atom. The molecule has 2 amide bonds. The molecule has 21 heavy (non-hydrogen) atoms. The van der Waals surface area contributed by atoms with E-state index in [1.165, 1.54) is 0 Å². The summed E-state index contributed by atoms with van der Waals surface area (Å²) in [6.07, 6.45) is 4.26. The SMILES string of the molecule is O=C1CN(c2ccccc2NC(=O)C2CCCC2)CCN1. The van der Waals surface area contributed by atoms with Crippen molar-refractivity contribution in [3.05, 3.63) is 24.3 Å². The highest BCUT2D eigenvalue weighted by Gasteiger charge is 2.24. The fraction of sp³-hybridized carbons (Fsp3) is 0.500. The molecule has 0 bridgehead atoms. The Labute approximate surface area is 124 Å². The summed E-state index contributed by atoms with van der Waals surface area (Å²) in [6.45, 7) is 1.75. The van der Waals surface area contributed by atoms with Gasteiger partial charge in [-0.2, -0.15) is 0 Å². The van der Waals surface area contributed by atoms with Gasteiger partial charge in [0.2, 0.25) is 11.8 Å². The van der Waals surface area contributed by atoms with Crippen molar-refractivity contribution >= 4 is 23.2 Å². The zero-order valence-corrected chi connectivity index (χ0v) is 12.1. The van der Waals surface area contributed by atoms with Crippen LogP contribution in [0.25, 0.3) is 0 Å². The maximum atomic E-state index is 12.3. The first kappa shape index (κ1) is 13.9. The maximum absolute atomic E-state index is 12.3. The van der Waals surface area contributed by atoms with Gasteiger partial charge in [-0.3, -0.25) is 9.59 Å². The van der Waals surface area contributed by atoms with Crippen LogP contribution in [-0.4, -0.2) is 31.4 Å². The van der Waals surface area contributed by atoms with E-state index in [2.05, 4.69) is 10.6 Å². The number of benzene rings is 1. The van der Waals surface area contributed by atoms with E-state index in [4.69, 9.17) is 0 Å². The minimum atomic E-state index is 0.0261. The number of anilines is 2. The molecule has 1 saturated heterocycles. The third-order valence-corrected chi connectivity index (χ3v) is 4.27. The number of nitrogens with one attached hydrogen (secondary N) is 2. The van der Waals surface area contributed by atoms with Crippen molar-refractivity contribution in [2.75, 3.05) is 29.9 Å². The molecule has 1 aromatic rings. The Hall–Kier alpha value is -2.04. The van der Waals surface area contributed by atoms with Crippen LogP contribution in [0.3, 0.4) is 0 Å². The van der Waals surface area contributed by atoms with Gasteiger partial charge in [0.05, 0.1) is 17.9 Å². The lowest BCUT2D eigenvalue weighted by atomic mass is 10.1. The lowest BCUT2D eigenvalue weighted by Crippen LogP contribution is -2.48. The predicted octanol–water partition coefficient (Wildman–Crippen LogP) is 1.75. The Morgan fingerprint density at radius 1 is 1.24 bits per heavy atom. The lowest BCUT2D eigenvalue weighted by molar-refractivity contribution is -0.120. The first-order valence-corrected chi connectivity index (χ1v) is 7.65. The topological polar surface area (TPSA) is 61.4 Å². The zero-order chi connectivity index (χ0) is 14.7. The molecule has 1 aromatic carbocycles. The Morgan fingerprint density at radius 2 is 2.00 bits per heavy atom. The molecule has 0 atom stereocenters. The highest BCUT2D eigenvalue weighted by Crippen LogP contribution is 2.29. The van der Waals surface area contributed by atoms with Crippen molar-refractivity contribution in [1.82, 2.24) is 5.32 Å². The van der Waals surface area contributed by atoms with Crippen LogP contribution in [0, 0.1) is 5.92 Å². The monoisotopic (exact) mass is 287 g/mol. The summed E-state index contributed by atoms with van der Waals surface area (Å²) in [7, 11) is 0. The van der Waals surface area contributed by atoms with E-state index in [0.29, 0.717) is 13.1 Å². The van der Waals surface area contributed by atoms with E-state index in [-0.39, 0.29) is 17.7 Å². The van der Waals surface area contributed by atoms with Gasteiger partial charge in [0, 0.05) is 19.0 Å². The van der Waals surface area contributed by atoms with Crippen LogP contribution < -0.4 is 15.5 Å². The van der Waals surface area contributed by atoms with Gasteiger partial charge in [-0.25, -0.2) is 0 Å². The van der Waals surface area contributed by atoms with Gasteiger partial charge < -0.3 is 15.5 Å². The summed E-state index contributed by atoms with van der Waals surface area (Å²) < 4.78 is 0. The largest absolute Gasteiger partial charge is 0.359 e. The van der Waals surface area contributed by atoms with E-state index < -0.39 is 0 Å². The second-order valence-electron chi connectivity index (χ2n) is 5.76. The molecule has 3 rings (SSSR count). The van der Waals surface area contributed by atoms with Gasteiger partial charge in [0.1, 0.15) is 0 Å². The Kier molecular flexibility index (Phi) is 4.08. The number of carbonyl (C=O) groups excluding carboxylic acids is 2. The average molecular weight is 287 g/mol. The van der Waals surface area contributed by atoms with Crippen molar-refractivity contribution in [2.45, 2.75) is 25.7 Å². The number of carbonyl (C=O) groups is 2. The summed E-state index contributed by atoms with van der Waals surface area (Å²) in [5.41, 5.74) is 1.74. The predicted molar refractivity (Wildman–Crippen MR) is 82.3 cm³/mol. The Balaban J connectivity index is 1.75. The third-order valence-electron chi connectivity index (χ3n) is 4.27. The van der Waals surface area contributed by atoms with E-state index in [0.717, 1.165) is 43.6 Å². The van der Waals surface area contributed by atoms with E-state index >= 15 is 0 Å². The third kappa shape index (κ3) is 3.17. The minimum Gasteiger partial charge on any atom is -0.359 e. The smallest absolute Gasteiger partial charge is 0.239 e. The molecule has 0 radical (unpaired) electrons. The molecule has 112 valence electrons. The molecule has 0 spiro atoms. The zero-order valence-electron chi connectivity index (χ0n) is 12.1. The number of piperazine rings is 1. The van der Waals surface area contributed by atoms with Crippen molar-refractivity contribution in [3.8, 4) is 0 Å². The molecule has 5 nitrogen and oxygen atoms in total. The van der Waals surface area contributed by atoms with Crippen molar-refractivity contribution in [1.29, 1.82) is 0 Å². The van der Waals surface area contributed by atoms with Gasteiger partial charge in [0.15, 0.2) is 0 Å². The highest BCUT2D eigenvalue weighted by atomic mass is 16.2. The van der Waals surface area contributed by atoms with E-state index in [1.54, 1.807) is 0 Å². The molecule has 5 heteroatoms. The van der Waals surface area contributed by atoms with Crippen LogP contribution in [0.15, 0.2) is 24.3 Å². The van der Waals surface area contributed by atoms with Crippen LogP contribution in [-0.2, 0) is 9.59 Å². The molecule has 2 aliphatic rings. The molecule has 1 heterocycles. The van der Waals surface area contributed by atoms with Crippen molar-refractivity contribution in [3.63, 3.8) is 0 Å². The highest BCUT2D eigenvalue weighted by molar-refractivity contribution is 5.96. The summed E-state index contributed by atoms with van der Waals surface area (Å²) >= 11 is 0. The van der Waals surface area contributed by atoms with Crippen LogP contribution in [0.1, 0.15) is 25.7 Å². The average Bonchev–Trinajstić information content (AvgIpc) is 3.02. The lowest BCUT2D eigenvalue weighted by Gasteiger charge is -2.30. The summed E-state index contributed by atoms with van der Waals surface area (Å²) in [5.74, 6) is 0.280. The van der Waals surface area contributed by atoms with Gasteiger partial charge >= 0.3 is 0 Å². The van der Waals surface area contributed by atoms with Crippen LogP contribution in [0.2, 0.25) is 0 Å². The number of hydrogen-bond donors (Lipinski definition) is 2. The summed E-state index contributed by atoms with van der Waals surface area (Å²) in [6, 6.07) is 7.72. The standard InChI is InChI=1S/C16H21N3O2/c20-15-11-19(10-9-17-15)14-8-4-3-7-13(14)18-16(21)12-5-1-2-6-12/h3-4,7-8,12H,1-2,5-6,9-11H2,(H,17,20)(H,18,21). The van der Waals surface area contributed by atoms with Crippen molar-refractivity contribution < 1.29 is 9.59 Å². The van der Waals surface area contributed by atoms with Crippen LogP contribution in [0.5, 0.6) is 0 Å². The molecule has 1 saturated carbocycles. The summed E-state index contributed by atoms with van der Waals surface area (Å²) in [5, 5.41) is 5.87. The molecule has 2 N–H and O–H groups in total. The number of rotatable bonds is 3. The molecule has 0 unspecified atom stereocenters. The second kappa shape index (κ2) is 6.16. The number of para-hydroxylation sites is 2. The molecule has 2 fully saturated rings. The first-order valence-electron chi connectivity index (χ1n) is 7.65. The minimum absolute atomic E-state index is 0.0261. The quantitative estimate of drug-likeness (QED) is 0.890. The molecule has 1 aliphatic heterocycles. The number of hydrogen-bond acceptors (Lipinski definition) is 3. The van der Waals surface area contributed by atoms with Gasteiger partial charge in [-0.05, 0) is 25.0 Å². The normalized spacial score (nSPS) is 19.4. The van der Waals surface area contributed by atoms with Crippen LogP contribution in [0.4, 0.5) is 11.4 Å². The second-order valence-corrected chi connectivity index (χ2v) is 5.76. The van der Waals surface area contributed by atoms with Crippen LogP contribution >= 0.6 is 0 Å². The van der Waals surface area contributed by atoms with Gasteiger partial charge in [0.25, 0.3) is 0 Å². The maximum Gasteiger partial charge on any atom is 0.239 e. The van der Waals surface area contributed by atoms with Gasteiger partial charge in [-0.15, -0.1) is 0 Å². The number of nitrogens with zero attached hydrogens (tertiary/aromatic N) is 1. The van der Waals surface area contributed by atoms with E-state index in [1.807, 2.05) is 29.2 Å². The fourth-order valence-electron chi connectivity index (χ4n) is 3.12. The van der Waals surface area contributed by atoms with Crippen molar-refractivity contribution in [2.24, 2.45) is 5.92 Å². The molecular formula is C16H21N3O2. The van der Waals surface area contributed by atoms with E-state index in [9.17, 15) is 9.59 Å².